The highest BCUT2D eigenvalue weighted by Crippen LogP contribution is 2.31. The zero-order valence-electron chi connectivity index (χ0n) is 11.6. The molecule has 0 saturated carbocycles. The van der Waals surface area contributed by atoms with E-state index < -0.39 is 0 Å². The first-order valence-corrected chi connectivity index (χ1v) is 7.18. The fraction of sp³-hybridized carbons (Fsp3) is 0.0667. The van der Waals surface area contributed by atoms with Crippen LogP contribution in [0.25, 0.3) is 10.9 Å². The van der Waals surface area contributed by atoms with E-state index in [9.17, 15) is 4.39 Å². The number of anilines is 3. The highest BCUT2D eigenvalue weighted by Gasteiger charge is 2.10. The van der Waals surface area contributed by atoms with Gasteiger partial charge in [0.1, 0.15) is 23.7 Å². The number of hydrogen-bond acceptors (Lipinski definition) is 5. The van der Waals surface area contributed by atoms with Crippen molar-refractivity contribution in [1.82, 2.24) is 9.97 Å². The number of ether oxygens (including phenoxy) is 1. The molecular formula is C15H12BrFN4O. The van der Waals surface area contributed by atoms with Gasteiger partial charge in [-0.15, -0.1) is 0 Å². The average Bonchev–Trinajstić information content (AvgIpc) is 2.50. The summed E-state index contributed by atoms with van der Waals surface area (Å²) in [6.45, 7) is 0. The Morgan fingerprint density at radius 1 is 1.23 bits per heavy atom. The molecule has 0 unspecified atom stereocenters. The van der Waals surface area contributed by atoms with Crippen LogP contribution in [-0.2, 0) is 0 Å². The van der Waals surface area contributed by atoms with Gasteiger partial charge in [0.25, 0.3) is 0 Å². The summed E-state index contributed by atoms with van der Waals surface area (Å²) < 4.78 is 19.8. The Labute approximate surface area is 134 Å². The molecule has 3 rings (SSSR count). The fourth-order valence-electron chi connectivity index (χ4n) is 2.10. The fourth-order valence-corrected chi connectivity index (χ4v) is 2.43. The van der Waals surface area contributed by atoms with Crippen molar-refractivity contribution < 1.29 is 9.13 Å². The molecule has 112 valence electrons. The van der Waals surface area contributed by atoms with E-state index >= 15 is 0 Å². The number of halogens is 2. The Hall–Kier alpha value is -2.41. The van der Waals surface area contributed by atoms with Crippen LogP contribution in [-0.4, -0.2) is 17.1 Å². The van der Waals surface area contributed by atoms with Crippen molar-refractivity contribution in [3.8, 4) is 5.75 Å². The molecule has 0 spiro atoms. The van der Waals surface area contributed by atoms with Crippen molar-refractivity contribution in [3.05, 3.63) is 46.9 Å². The van der Waals surface area contributed by atoms with Gasteiger partial charge in [-0.05, 0) is 24.3 Å². The van der Waals surface area contributed by atoms with E-state index in [0.717, 1.165) is 0 Å². The molecule has 0 aliphatic rings. The van der Waals surface area contributed by atoms with Gasteiger partial charge in [-0.2, -0.15) is 0 Å². The molecular weight excluding hydrogens is 351 g/mol. The number of rotatable bonds is 3. The van der Waals surface area contributed by atoms with Crippen LogP contribution in [0, 0.1) is 5.82 Å². The molecule has 0 fully saturated rings. The Morgan fingerprint density at radius 3 is 2.77 bits per heavy atom. The first-order valence-electron chi connectivity index (χ1n) is 6.39. The van der Waals surface area contributed by atoms with Gasteiger partial charge in [0, 0.05) is 15.9 Å². The maximum Gasteiger partial charge on any atom is 0.147 e. The lowest BCUT2D eigenvalue weighted by atomic mass is 10.2. The molecule has 0 bridgehead atoms. The molecule has 0 atom stereocenters. The quantitative estimate of drug-likeness (QED) is 0.692. The minimum Gasteiger partial charge on any atom is -0.495 e. The molecule has 1 heterocycles. The molecule has 5 nitrogen and oxygen atoms in total. The third-order valence-electron chi connectivity index (χ3n) is 3.17. The summed E-state index contributed by atoms with van der Waals surface area (Å²) in [4.78, 5) is 8.35. The molecule has 7 heteroatoms. The van der Waals surface area contributed by atoms with Crippen LogP contribution >= 0.6 is 15.9 Å². The molecule has 3 N–H and O–H groups in total. The number of nitrogen functional groups attached to an aromatic ring is 1. The van der Waals surface area contributed by atoms with Gasteiger partial charge in [0.15, 0.2) is 0 Å². The summed E-state index contributed by atoms with van der Waals surface area (Å²) in [6, 6.07) is 8.16. The van der Waals surface area contributed by atoms with Crippen LogP contribution in [0.4, 0.5) is 21.6 Å². The van der Waals surface area contributed by atoms with Crippen LogP contribution in [0.15, 0.2) is 41.1 Å². The molecule has 0 aliphatic heterocycles. The highest BCUT2D eigenvalue weighted by molar-refractivity contribution is 9.10. The summed E-state index contributed by atoms with van der Waals surface area (Å²) in [5.41, 5.74) is 7.35. The summed E-state index contributed by atoms with van der Waals surface area (Å²) in [5, 5.41) is 3.65. The molecule has 0 saturated heterocycles. The number of nitrogens with zero attached hydrogens (tertiary/aromatic N) is 2. The molecule has 3 aromatic rings. The van der Waals surface area contributed by atoms with E-state index in [2.05, 4.69) is 31.2 Å². The monoisotopic (exact) mass is 362 g/mol. The zero-order valence-corrected chi connectivity index (χ0v) is 13.2. The minimum atomic E-state index is -0.386. The number of benzene rings is 2. The van der Waals surface area contributed by atoms with Crippen molar-refractivity contribution in [1.29, 1.82) is 0 Å². The first-order chi connectivity index (χ1) is 10.6. The predicted octanol–water partition coefficient (Wildman–Crippen LogP) is 3.87. The van der Waals surface area contributed by atoms with Crippen molar-refractivity contribution in [2.75, 3.05) is 18.2 Å². The standard InChI is InChI=1S/C15H12BrFN4O/c1-22-14-6-13-9(5-11(14)18)15(20-7-19-13)21-12-3-2-8(16)4-10(12)17/h2-7H,18H2,1H3,(H,19,20,21). The molecule has 2 aromatic carbocycles. The predicted molar refractivity (Wildman–Crippen MR) is 87.9 cm³/mol. The maximum absolute atomic E-state index is 14.0. The molecule has 0 radical (unpaired) electrons. The third kappa shape index (κ3) is 2.67. The number of hydrogen-bond donors (Lipinski definition) is 2. The first kappa shape index (κ1) is 14.5. The lowest BCUT2D eigenvalue weighted by molar-refractivity contribution is 0.417. The van der Waals surface area contributed by atoms with Gasteiger partial charge in [-0.25, -0.2) is 14.4 Å². The van der Waals surface area contributed by atoms with Crippen LogP contribution in [0.2, 0.25) is 0 Å². The minimum absolute atomic E-state index is 0.317. The number of fused-ring (bicyclic) bond motifs is 1. The van der Waals surface area contributed by atoms with Crippen LogP contribution < -0.4 is 15.8 Å². The van der Waals surface area contributed by atoms with Gasteiger partial charge >= 0.3 is 0 Å². The Bertz CT molecular complexity index is 856. The number of aromatic nitrogens is 2. The Kier molecular flexibility index (Phi) is 3.81. The molecule has 0 aliphatic carbocycles. The summed E-state index contributed by atoms with van der Waals surface area (Å²) in [5.74, 6) is 0.621. The summed E-state index contributed by atoms with van der Waals surface area (Å²) >= 11 is 3.22. The van der Waals surface area contributed by atoms with Gasteiger partial charge in [-0.1, -0.05) is 15.9 Å². The number of nitrogens with two attached hydrogens (primary N) is 1. The Morgan fingerprint density at radius 2 is 2.05 bits per heavy atom. The van der Waals surface area contributed by atoms with Gasteiger partial charge in [0.05, 0.1) is 24.0 Å². The van der Waals surface area contributed by atoms with Crippen molar-refractivity contribution in [2.45, 2.75) is 0 Å². The van der Waals surface area contributed by atoms with E-state index in [4.69, 9.17) is 10.5 Å². The highest BCUT2D eigenvalue weighted by atomic mass is 79.9. The average molecular weight is 363 g/mol. The Balaban J connectivity index is 2.09. The van der Waals surface area contributed by atoms with Crippen molar-refractivity contribution >= 4 is 44.0 Å². The second-order valence-corrected chi connectivity index (χ2v) is 5.50. The maximum atomic E-state index is 14.0. The third-order valence-corrected chi connectivity index (χ3v) is 3.66. The van der Waals surface area contributed by atoms with Gasteiger partial charge in [-0.3, -0.25) is 0 Å². The van der Waals surface area contributed by atoms with Crippen LogP contribution in [0.3, 0.4) is 0 Å². The normalized spacial score (nSPS) is 10.7. The SMILES string of the molecule is COc1cc2ncnc(Nc3ccc(Br)cc3F)c2cc1N. The van der Waals surface area contributed by atoms with E-state index in [1.807, 2.05) is 0 Å². The molecule has 1 aromatic heterocycles. The second-order valence-electron chi connectivity index (χ2n) is 4.58. The molecule has 0 amide bonds. The van der Waals surface area contributed by atoms with Gasteiger partial charge < -0.3 is 15.8 Å². The van der Waals surface area contributed by atoms with E-state index in [1.54, 1.807) is 24.3 Å². The summed E-state index contributed by atoms with van der Waals surface area (Å²) in [7, 11) is 1.54. The van der Waals surface area contributed by atoms with Gasteiger partial charge in [0.2, 0.25) is 0 Å². The number of nitrogens with one attached hydrogen (secondary N) is 1. The number of methoxy groups -OCH3 is 1. The topological polar surface area (TPSA) is 73.1 Å². The van der Waals surface area contributed by atoms with Crippen LogP contribution in [0.1, 0.15) is 0 Å². The van der Waals surface area contributed by atoms with Crippen LogP contribution in [0.5, 0.6) is 5.75 Å². The van der Waals surface area contributed by atoms with E-state index in [-0.39, 0.29) is 5.82 Å². The van der Waals surface area contributed by atoms with E-state index in [0.29, 0.717) is 38.3 Å². The molecule has 22 heavy (non-hydrogen) atoms. The largest absolute Gasteiger partial charge is 0.495 e. The van der Waals surface area contributed by atoms with Crippen molar-refractivity contribution in [2.24, 2.45) is 0 Å². The van der Waals surface area contributed by atoms with Crippen molar-refractivity contribution in [3.63, 3.8) is 0 Å². The lowest BCUT2D eigenvalue weighted by Crippen LogP contribution is -2.00. The summed E-state index contributed by atoms with van der Waals surface area (Å²) in [6.07, 6.45) is 1.40. The zero-order chi connectivity index (χ0) is 15.7. The lowest BCUT2D eigenvalue weighted by Gasteiger charge is -2.11. The van der Waals surface area contributed by atoms with E-state index in [1.165, 1.54) is 19.5 Å². The smallest absolute Gasteiger partial charge is 0.147 e. The second kappa shape index (κ2) is 5.76.